The van der Waals surface area contributed by atoms with Gasteiger partial charge < -0.3 is 0 Å². The van der Waals surface area contributed by atoms with Crippen LogP contribution in [0.25, 0.3) is 0 Å². The van der Waals surface area contributed by atoms with Crippen LogP contribution in [0.2, 0.25) is 0 Å². The Bertz CT molecular complexity index is 411. The SMILES string of the molecule is CCCn1cc(S(=O)(=O)Cl)c(CC)n1. The van der Waals surface area contributed by atoms with Gasteiger partial charge in [0.25, 0.3) is 9.05 Å². The van der Waals surface area contributed by atoms with Crippen LogP contribution in [0.5, 0.6) is 0 Å². The fraction of sp³-hybridized carbons (Fsp3) is 0.625. The molecule has 0 spiro atoms. The molecule has 0 atom stereocenters. The maximum Gasteiger partial charge on any atom is 0.264 e. The van der Waals surface area contributed by atoms with Crippen LogP contribution in [0, 0.1) is 0 Å². The first kappa shape index (κ1) is 11.5. The number of aryl methyl sites for hydroxylation is 2. The Kier molecular flexibility index (Phi) is 3.55. The van der Waals surface area contributed by atoms with Crippen LogP contribution in [-0.2, 0) is 22.0 Å². The summed E-state index contributed by atoms with van der Waals surface area (Å²) < 4.78 is 23.9. The van der Waals surface area contributed by atoms with E-state index in [1.807, 2.05) is 13.8 Å². The first-order valence-electron chi connectivity index (χ1n) is 4.50. The molecule has 80 valence electrons. The van der Waals surface area contributed by atoms with Gasteiger partial charge in [-0.15, -0.1) is 0 Å². The number of hydrogen-bond acceptors (Lipinski definition) is 3. The minimum atomic E-state index is -3.65. The molecule has 0 bridgehead atoms. The molecule has 0 aliphatic heterocycles. The monoisotopic (exact) mass is 236 g/mol. The molecule has 1 aromatic rings. The Morgan fingerprint density at radius 3 is 2.50 bits per heavy atom. The van der Waals surface area contributed by atoms with E-state index in [0.29, 0.717) is 18.7 Å². The molecule has 0 aliphatic rings. The zero-order valence-corrected chi connectivity index (χ0v) is 9.77. The fourth-order valence-corrected chi connectivity index (χ4v) is 2.34. The largest absolute Gasteiger partial charge is 0.271 e. The fourth-order valence-electron chi connectivity index (χ4n) is 1.24. The second-order valence-electron chi connectivity index (χ2n) is 2.99. The molecule has 0 radical (unpaired) electrons. The zero-order chi connectivity index (χ0) is 10.8. The number of hydrogen-bond donors (Lipinski definition) is 0. The minimum Gasteiger partial charge on any atom is -0.271 e. The topological polar surface area (TPSA) is 52.0 Å². The highest BCUT2D eigenvalue weighted by molar-refractivity contribution is 8.13. The summed E-state index contributed by atoms with van der Waals surface area (Å²) in [6, 6.07) is 0. The van der Waals surface area contributed by atoms with Gasteiger partial charge in [-0.25, -0.2) is 8.42 Å². The highest BCUT2D eigenvalue weighted by Crippen LogP contribution is 2.19. The summed E-state index contributed by atoms with van der Waals surface area (Å²) in [6.07, 6.45) is 2.97. The Morgan fingerprint density at radius 1 is 1.50 bits per heavy atom. The van der Waals surface area contributed by atoms with E-state index in [-0.39, 0.29) is 4.90 Å². The van der Waals surface area contributed by atoms with Crippen molar-refractivity contribution in [1.29, 1.82) is 0 Å². The van der Waals surface area contributed by atoms with Gasteiger partial charge in [-0.05, 0) is 12.8 Å². The highest BCUT2D eigenvalue weighted by atomic mass is 35.7. The molecule has 14 heavy (non-hydrogen) atoms. The first-order valence-corrected chi connectivity index (χ1v) is 6.81. The number of aromatic nitrogens is 2. The first-order chi connectivity index (χ1) is 6.49. The van der Waals surface area contributed by atoms with Gasteiger partial charge in [-0.3, -0.25) is 4.68 Å². The molecule has 0 aliphatic carbocycles. The standard InChI is InChI=1S/C8H13ClN2O2S/c1-3-5-11-6-8(14(9,12)13)7(4-2)10-11/h6H,3-5H2,1-2H3. The summed E-state index contributed by atoms with van der Waals surface area (Å²) in [7, 11) is 1.62. The Hall–Kier alpha value is -0.550. The lowest BCUT2D eigenvalue weighted by Crippen LogP contribution is -1.97. The lowest BCUT2D eigenvalue weighted by Gasteiger charge is -1.94. The number of halogens is 1. The van der Waals surface area contributed by atoms with Crippen molar-refractivity contribution in [3.05, 3.63) is 11.9 Å². The second kappa shape index (κ2) is 4.31. The predicted octanol–water partition coefficient (Wildman–Crippen LogP) is 1.78. The average molecular weight is 237 g/mol. The molecule has 0 amide bonds. The average Bonchev–Trinajstić information content (AvgIpc) is 2.47. The summed E-state index contributed by atoms with van der Waals surface area (Å²) in [5.74, 6) is 0. The van der Waals surface area contributed by atoms with Gasteiger partial charge in [0.05, 0.1) is 5.69 Å². The molecule has 0 aromatic carbocycles. The molecule has 0 saturated carbocycles. The van der Waals surface area contributed by atoms with Crippen molar-refractivity contribution < 1.29 is 8.42 Å². The number of rotatable bonds is 4. The molecule has 1 heterocycles. The summed E-state index contributed by atoms with van der Waals surface area (Å²) in [5, 5.41) is 4.14. The van der Waals surface area contributed by atoms with Crippen LogP contribution in [-0.4, -0.2) is 18.2 Å². The van der Waals surface area contributed by atoms with Crippen LogP contribution in [0.4, 0.5) is 0 Å². The van der Waals surface area contributed by atoms with E-state index < -0.39 is 9.05 Å². The Labute approximate surface area is 88.3 Å². The maximum absolute atomic E-state index is 11.1. The number of nitrogens with zero attached hydrogens (tertiary/aromatic N) is 2. The normalized spacial score (nSPS) is 11.9. The van der Waals surface area contributed by atoms with Crippen molar-refractivity contribution in [1.82, 2.24) is 9.78 Å². The lowest BCUT2D eigenvalue weighted by molar-refractivity contribution is 0.594. The summed E-state index contributed by atoms with van der Waals surface area (Å²) in [6.45, 7) is 4.56. The molecule has 0 fully saturated rings. The summed E-state index contributed by atoms with van der Waals surface area (Å²) in [5.41, 5.74) is 0.536. The van der Waals surface area contributed by atoms with Crippen molar-refractivity contribution in [2.75, 3.05) is 0 Å². The van der Waals surface area contributed by atoms with Crippen LogP contribution in [0.15, 0.2) is 11.1 Å². The smallest absolute Gasteiger partial charge is 0.264 e. The predicted molar refractivity (Wildman–Crippen MR) is 54.9 cm³/mol. The second-order valence-corrected chi connectivity index (χ2v) is 5.53. The zero-order valence-electron chi connectivity index (χ0n) is 8.20. The third-order valence-corrected chi connectivity index (χ3v) is 3.22. The van der Waals surface area contributed by atoms with Crippen molar-refractivity contribution in [3.63, 3.8) is 0 Å². The van der Waals surface area contributed by atoms with E-state index in [9.17, 15) is 8.42 Å². The molecular formula is C8H13ClN2O2S. The van der Waals surface area contributed by atoms with E-state index >= 15 is 0 Å². The summed E-state index contributed by atoms with van der Waals surface area (Å²) >= 11 is 0. The van der Waals surface area contributed by atoms with Crippen LogP contribution in [0.1, 0.15) is 26.0 Å². The lowest BCUT2D eigenvalue weighted by atomic mass is 10.3. The minimum absolute atomic E-state index is 0.134. The van der Waals surface area contributed by atoms with Crippen molar-refractivity contribution in [2.24, 2.45) is 0 Å². The van der Waals surface area contributed by atoms with Crippen LogP contribution < -0.4 is 0 Å². The maximum atomic E-state index is 11.1. The van der Waals surface area contributed by atoms with E-state index in [1.54, 1.807) is 4.68 Å². The third kappa shape index (κ3) is 2.48. The van der Waals surface area contributed by atoms with Gasteiger partial charge in [0, 0.05) is 23.4 Å². The molecule has 0 unspecified atom stereocenters. The molecule has 6 heteroatoms. The highest BCUT2D eigenvalue weighted by Gasteiger charge is 2.18. The van der Waals surface area contributed by atoms with Gasteiger partial charge in [0.15, 0.2) is 0 Å². The molecule has 1 aromatic heterocycles. The van der Waals surface area contributed by atoms with E-state index in [4.69, 9.17) is 10.7 Å². The van der Waals surface area contributed by atoms with Crippen LogP contribution in [0.3, 0.4) is 0 Å². The Morgan fingerprint density at radius 2 is 2.14 bits per heavy atom. The van der Waals surface area contributed by atoms with E-state index in [0.717, 1.165) is 6.42 Å². The van der Waals surface area contributed by atoms with Gasteiger partial charge >= 0.3 is 0 Å². The van der Waals surface area contributed by atoms with Crippen molar-refractivity contribution in [3.8, 4) is 0 Å². The molecule has 0 saturated heterocycles. The van der Waals surface area contributed by atoms with Crippen LogP contribution >= 0.6 is 10.7 Å². The van der Waals surface area contributed by atoms with E-state index in [2.05, 4.69) is 5.10 Å². The summed E-state index contributed by atoms with van der Waals surface area (Å²) in [4.78, 5) is 0.134. The van der Waals surface area contributed by atoms with Gasteiger partial charge in [0.1, 0.15) is 4.90 Å². The van der Waals surface area contributed by atoms with Gasteiger partial charge in [-0.2, -0.15) is 5.10 Å². The van der Waals surface area contributed by atoms with Crippen molar-refractivity contribution in [2.45, 2.75) is 38.1 Å². The third-order valence-electron chi connectivity index (χ3n) is 1.85. The quantitative estimate of drug-likeness (QED) is 0.749. The molecule has 4 nitrogen and oxygen atoms in total. The van der Waals surface area contributed by atoms with E-state index in [1.165, 1.54) is 6.20 Å². The molecular weight excluding hydrogens is 224 g/mol. The molecule has 1 rings (SSSR count). The van der Waals surface area contributed by atoms with Crippen molar-refractivity contribution >= 4 is 19.7 Å². The van der Waals surface area contributed by atoms with Gasteiger partial charge in [0.2, 0.25) is 0 Å². The Balaban J connectivity index is 3.16. The molecule has 0 N–H and O–H groups in total. The van der Waals surface area contributed by atoms with Gasteiger partial charge in [-0.1, -0.05) is 13.8 Å².